The molecule has 0 aliphatic heterocycles. The Labute approximate surface area is 147 Å². The zero-order valence-corrected chi connectivity index (χ0v) is 14.0. The van der Waals surface area contributed by atoms with E-state index in [9.17, 15) is 14.0 Å². The minimum absolute atomic E-state index is 0.0902. The Morgan fingerprint density at radius 2 is 2.00 bits per heavy atom. The third-order valence-electron chi connectivity index (χ3n) is 3.68. The Bertz CT molecular complexity index is 1020. The van der Waals surface area contributed by atoms with E-state index in [0.717, 1.165) is 11.5 Å². The molecule has 3 rings (SSSR count). The number of para-hydroxylation sites is 1. The van der Waals surface area contributed by atoms with E-state index in [1.807, 2.05) is 12.1 Å². The van der Waals surface area contributed by atoms with E-state index in [2.05, 4.69) is 5.32 Å². The summed E-state index contributed by atoms with van der Waals surface area (Å²) in [6.45, 7) is -0.315. The molecule has 0 fully saturated rings. The lowest BCUT2D eigenvalue weighted by Crippen LogP contribution is -2.22. The number of carbonyl (C=O) groups is 1. The Balaban J connectivity index is 1.77. The van der Waals surface area contributed by atoms with Crippen LogP contribution in [0.25, 0.3) is 10.9 Å². The number of aromatic nitrogens is 1. The van der Waals surface area contributed by atoms with Crippen LogP contribution < -0.4 is 15.6 Å². The van der Waals surface area contributed by atoms with Crippen LogP contribution in [0.3, 0.4) is 0 Å². The number of nitrogens with zero attached hydrogens (tertiary/aromatic N) is 1. The van der Waals surface area contributed by atoms with Crippen molar-refractivity contribution < 1.29 is 13.9 Å². The number of aryl methyl sites for hydroxylation is 1. The Hall–Kier alpha value is -2.86. The van der Waals surface area contributed by atoms with Gasteiger partial charge in [0.15, 0.2) is 6.61 Å². The summed E-state index contributed by atoms with van der Waals surface area (Å²) in [5.74, 6) is -0.650. The van der Waals surface area contributed by atoms with Crippen molar-refractivity contribution in [1.29, 1.82) is 0 Å². The van der Waals surface area contributed by atoms with Crippen molar-refractivity contribution in [2.45, 2.75) is 0 Å². The first-order valence-corrected chi connectivity index (χ1v) is 7.80. The molecule has 0 atom stereocenters. The van der Waals surface area contributed by atoms with Gasteiger partial charge in [0.2, 0.25) is 0 Å². The van der Waals surface area contributed by atoms with Gasteiger partial charge in [0, 0.05) is 18.5 Å². The van der Waals surface area contributed by atoms with Gasteiger partial charge in [-0.2, -0.15) is 0 Å². The number of ether oxygens (including phenoxy) is 1. The molecule has 0 spiro atoms. The van der Waals surface area contributed by atoms with Gasteiger partial charge < -0.3 is 14.6 Å². The SMILES string of the molecule is Cn1c(=O)cc(OCC(=O)Nc2ccc(F)cc2Cl)c2ccccc21. The highest BCUT2D eigenvalue weighted by molar-refractivity contribution is 6.33. The fourth-order valence-corrected chi connectivity index (χ4v) is 2.63. The molecular formula is C18H14ClFN2O3. The van der Waals surface area contributed by atoms with E-state index in [4.69, 9.17) is 16.3 Å². The van der Waals surface area contributed by atoms with Gasteiger partial charge in [0.05, 0.1) is 16.2 Å². The zero-order chi connectivity index (χ0) is 18.0. The number of rotatable bonds is 4. The summed E-state index contributed by atoms with van der Waals surface area (Å²) >= 11 is 5.87. The van der Waals surface area contributed by atoms with Crippen LogP contribution in [-0.4, -0.2) is 17.1 Å². The summed E-state index contributed by atoms with van der Waals surface area (Å²) in [5.41, 5.74) is 0.744. The highest BCUT2D eigenvalue weighted by atomic mass is 35.5. The number of hydrogen-bond acceptors (Lipinski definition) is 3. The molecule has 1 aromatic heterocycles. The first-order chi connectivity index (χ1) is 12.0. The van der Waals surface area contributed by atoms with Gasteiger partial charge in [-0.3, -0.25) is 9.59 Å². The molecule has 25 heavy (non-hydrogen) atoms. The first kappa shape index (κ1) is 17.0. The largest absolute Gasteiger partial charge is 0.483 e. The molecule has 0 aliphatic rings. The van der Waals surface area contributed by atoms with Crippen molar-refractivity contribution in [2.24, 2.45) is 7.05 Å². The van der Waals surface area contributed by atoms with Gasteiger partial charge in [-0.05, 0) is 30.3 Å². The zero-order valence-electron chi connectivity index (χ0n) is 13.3. The summed E-state index contributed by atoms with van der Waals surface area (Å²) in [5, 5.41) is 3.35. The second-order valence-corrected chi connectivity index (χ2v) is 5.79. The standard InChI is InChI=1S/C18H14ClFN2O3/c1-22-15-5-3-2-4-12(15)16(9-18(22)24)25-10-17(23)21-14-7-6-11(20)8-13(14)19/h2-9H,10H2,1H3,(H,21,23). The van der Waals surface area contributed by atoms with Gasteiger partial charge in [0.1, 0.15) is 11.6 Å². The molecule has 2 aromatic carbocycles. The molecule has 0 bridgehead atoms. The molecule has 1 heterocycles. The van der Waals surface area contributed by atoms with Crippen molar-refractivity contribution in [1.82, 2.24) is 4.57 Å². The van der Waals surface area contributed by atoms with Gasteiger partial charge in [0.25, 0.3) is 11.5 Å². The summed E-state index contributed by atoms with van der Waals surface area (Å²) < 4.78 is 20.0. The Morgan fingerprint density at radius 1 is 1.24 bits per heavy atom. The molecule has 0 saturated carbocycles. The summed E-state index contributed by atoms with van der Waals surface area (Å²) in [6.07, 6.45) is 0. The van der Waals surface area contributed by atoms with Crippen LogP contribution in [0, 0.1) is 5.82 Å². The molecule has 0 unspecified atom stereocenters. The lowest BCUT2D eigenvalue weighted by atomic mass is 10.2. The minimum Gasteiger partial charge on any atom is -0.483 e. The predicted molar refractivity (Wildman–Crippen MR) is 94.7 cm³/mol. The highest BCUT2D eigenvalue weighted by Crippen LogP contribution is 2.24. The van der Waals surface area contributed by atoms with E-state index < -0.39 is 11.7 Å². The molecule has 0 saturated heterocycles. The number of nitrogens with one attached hydrogen (secondary N) is 1. The van der Waals surface area contributed by atoms with E-state index >= 15 is 0 Å². The molecule has 128 valence electrons. The molecule has 3 aromatic rings. The lowest BCUT2D eigenvalue weighted by Gasteiger charge is -2.12. The number of pyridine rings is 1. The third-order valence-corrected chi connectivity index (χ3v) is 3.99. The first-order valence-electron chi connectivity index (χ1n) is 7.42. The van der Waals surface area contributed by atoms with Crippen LogP contribution in [0.15, 0.2) is 53.3 Å². The number of carbonyl (C=O) groups excluding carboxylic acids is 1. The number of halogens is 2. The minimum atomic E-state index is -0.495. The van der Waals surface area contributed by atoms with E-state index in [1.165, 1.54) is 22.8 Å². The number of anilines is 1. The second-order valence-electron chi connectivity index (χ2n) is 5.38. The molecule has 0 aliphatic carbocycles. The Morgan fingerprint density at radius 3 is 2.76 bits per heavy atom. The Kier molecular flexibility index (Phi) is 4.72. The summed E-state index contributed by atoms with van der Waals surface area (Å²) in [6, 6.07) is 12.2. The van der Waals surface area contributed by atoms with Crippen molar-refractivity contribution in [3.8, 4) is 5.75 Å². The number of benzene rings is 2. The average molecular weight is 361 g/mol. The lowest BCUT2D eigenvalue weighted by molar-refractivity contribution is -0.118. The van der Waals surface area contributed by atoms with E-state index in [-0.39, 0.29) is 22.9 Å². The van der Waals surface area contributed by atoms with Gasteiger partial charge in [-0.25, -0.2) is 4.39 Å². The van der Waals surface area contributed by atoms with Crippen LogP contribution in [0.2, 0.25) is 5.02 Å². The molecule has 1 N–H and O–H groups in total. The number of hydrogen-bond donors (Lipinski definition) is 1. The van der Waals surface area contributed by atoms with E-state index in [1.54, 1.807) is 19.2 Å². The van der Waals surface area contributed by atoms with Gasteiger partial charge in [-0.1, -0.05) is 23.7 Å². The third kappa shape index (κ3) is 3.64. The maximum atomic E-state index is 13.0. The van der Waals surface area contributed by atoms with Crippen LogP contribution >= 0.6 is 11.6 Å². The maximum absolute atomic E-state index is 13.0. The monoisotopic (exact) mass is 360 g/mol. The van der Waals surface area contributed by atoms with Crippen molar-refractivity contribution in [2.75, 3.05) is 11.9 Å². The second kappa shape index (κ2) is 6.94. The summed E-state index contributed by atoms with van der Waals surface area (Å²) in [4.78, 5) is 24.0. The number of fused-ring (bicyclic) bond motifs is 1. The van der Waals surface area contributed by atoms with Crippen LogP contribution in [-0.2, 0) is 11.8 Å². The molecule has 5 nitrogen and oxygen atoms in total. The fraction of sp³-hybridized carbons (Fsp3) is 0.111. The van der Waals surface area contributed by atoms with Gasteiger partial charge in [-0.15, -0.1) is 0 Å². The molecular weight excluding hydrogens is 347 g/mol. The van der Waals surface area contributed by atoms with Gasteiger partial charge >= 0.3 is 0 Å². The molecule has 7 heteroatoms. The highest BCUT2D eigenvalue weighted by Gasteiger charge is 2.11. The molecule has 1 amide bonds. The van der Waals surface area contributed by atoms with Crippen LogP contribution in [0.4, 0.5) is 10.1 Å². The number of amides is 1. The van der Waals surface area contributed by atoms with Crippen molar-refractivity contribution >= 4 is 34.1 Å². The molecule has 0 radical (unpaired) electrons. The van der Waals surface area contributed by atoms with Crippen molar-refractivity contribution in [3.05, 3.63) is 69.7 Å². The van der Waals surface area contributed by atoms with E-state index in [0.29, 0.717) is 11.3 Å². The average Bonchev–Trinajstić information content (AvgIpc) is 2.59. The smallest absolute Gasteiger partial charge is 0.262 e. The van der Waals surface area contributed by atoms with Crippen molar-refractivity contribution in [3.63, 3.8) is 0 Å². The quantitative estimate of drug-likeness (QED) is 0.776. The van der Waals surface area contributed by atoms with Crippen LogP contribution in [0.5, 0.6) is 5.75 Å². The topological polar surface area (TPSA) is 60.3 Å². The maximum Gasteiger partial charge on any atom is 0.262 e. The summed E-state index contributed by atoms with van der Waals surface area (Å²) in [7, 11) is 1.66. The predicted octanol–water partition coefficient (Wildman–Crippen LogP) is 3.35. The van der Waals surface area contributed by atoms with Crippen LogP contribution in [0.1, 0.15) is 0 Å². The normalized spacial score (nSPS) is 10.7. The fourth-order valence-electron chi connectivity index (χ4n) is 2.42.